The summed E-state index contributed by atoms with van der Waals surface area (Å²) >= 11 is 0. The second-order valence-corrected chi connectivity index (χ2v) is 5.73. The molecule has 5 heteroatoms. The Bertz CT molecular complexity index is 717. The van der Waals surface area contributed by atoms with Crippen molar-refractivity contribution < 1.29 is 9.18 Å². The van der Waals surface area contributed by atoms with E-state index >= 15 is 0 Å². The molecule has 1 aliphatic heterocycles. The highest BCUT2D eigenvalue weighted by Gasteiger charge is 2.17. The van der Waals surface area contributed by atoms with Gasteiger partial charge in [0.15, 0.2) is 0 Å². The van der Waals surface area contributed by atoms with E-state index < -0.39 is 0 Å². The Balaban J connectivity index is 1.71. The first kappa shape index (κ1) is 15.3. The molecule has 0 atom stereocenters. The number of para-hydroxylation sites is 2. The van der Waals surface area contributed by atoms with Gasteiger partial charge in [-0.3, -0.25) is 4.79 Å². The normalized spacial score (nSPS) is 13.7. The third-order valence-corrected chi connectivity index (χ3v) is 3.96. The van der Waals surface area contributed by atoms with Crippen molar-refractivity contribution in [2.24, 2.45) is 0 Å². The quantitative estimate of drug-likeness (QED) is 0.913. The maximum Gasteiger partial charge on any atom is 0.243 e. The minimum atomic E-state index is -0.313. The molecule has 2 N–H and O–H groups in total. The van der Waals surface area contributed by atoms with Crippen LogP contribution in [0.3, 0.4) is 0 Å². The molecule has 0 spiro atoms. The summed E-state index contributed by atoms with van der Waals surface area (Å²) in [4.78, 5) is 14.4. The third kappa shape index (κ3) is 3.62. The Morgan fingerprint density at radius 1 is 1.30 bits per heavy atom. The summed E-state index contributed by atoms with van der Waals surface area (Å²) in [5.74, 6) is -0.461. The van der Waals surface area contributed by atoms with E-state index in [4.69, 9.17) is 0 Å². The van der Waals surface area contributed by atoms with Crippen LogP contribution in [0.2, 0.25) is 0 Å². The van der Waals surface area contributed by atoms with Gasteiger partial charge in [0.1, 0.15) is 5.82 Å². The van der Waals surface area contributed by atoms with E-state index in [9.17, 15) is 9.18 Å². The first-order chi connectivity index (χ1) is 11.1. The number of hydrogen-bond acceptors (Lipinski definition) is 3. The molecule has 0 radical (unpaired) electrons. The summed E-state index contributed by atoms with van der Waals surface area (Å²) in [6.07, 6.45) is 0.959. The van der Waals surface area contributed by atoms with Crippen LogP contribution in [0.5, 0.6) is 0 Å². The molecule has 3 rings (SSSR count). The number of rotatable bonds is 3. The average Bonchev–Trinajstić information content (AvgIpc) is 2.74. The van der Waals surface area contributed by atoms with Crippen LogP contribution in [-0.2, 0) is 4.79 Å². The van der Waals surface area contributed by atoms with Gasteiger partial charge in [-0.05, 0) is 43.2 Å². The zero-order valence-electron chi connectivity index (χ0n) is 13.1. The van der Waals surface area contributed by atoms with Gasteiger partial charge in [-0.2, -0.15) is 0 Å². The van der Waals surface area contributed by atoms with Crippen molar-refractivity contribution in [3.8, 4) is 0 Å². The predicted molar refractivity (Wildman–Crippen MR) is 91.5 cm³/mol. The summed E-state index contributed by atoms with van der Waals surface area (Å²) in [7, 11) is 0. The van der Waals surface area contributed by atoms with Crippen molar-refractivity contribution in [1.82, 2.24) is 0 Å². The number of amides is 1. The molecule has 1 aliphatic rings. The van der Waals surface area contributed by atoms with Crippen molar-refractivity contribution in [2.45, 2.75) is 13.3 Å². The van der Waals surface area contributed by atoms with Crippen molar-refractivity contribution in [1.29, 1.82) is 0 Å². The number of aryl methyl sites for hydroxylation is 1. The Hall–Kier alpha value is -2.56. The molecule has 0 aliphatic carbocycles. The minimum Gasteiger partial charge on any atom is -0.383 e. The number of fused-ring (bicyclic) bond motifs is 1. The molecular weight excluding hydrogens is 293 g/mol. The van der Waals surface area contributed by atoms with Gasteiger partial charge in [0.2, 0.25) is 5.91 Å². The molecular formula is C18H20FN3O. The number of halogens is 1. The number of carbonyl (C=O) groups is 1. The van der Waals surface area contributed by atoms with Crippen LogP contribution in [0.1, 0.15) is 12.0 Å². The third-order valence-electron chi connectivity index (χ3n) is 3.96. The molecule has 23 heavy (non-hydrogen) atoms. The van der Waals surface area contributed by atoms with Crippen LogP contribution in [0.15, 0.2) is 42.5 Å². The van der Waals surface area contributed by atoms with E-state index in [2.05, 4.69) is 15.5 Å². The van der Waals surface area contributed by atoms with E-state index in [0.29, 0.717) is 11.3 Å². The summed E-state index contributed by atoms with van der Waals surface area (Å²) in [6, 6.07) is 12.7. The summed E-state index contributed by atoms with van der Waals surface area (Å²) in [5.41, 5.74) is 3.12. The lowest BCUT2D eigenvalue weighted by molar-refractivity contribution is -0.115. The molecule has 1 amide bonds. The van der Waals surface area contributed by atoms with Gasteiger partial charge in [-0.15, -0.1) is 0 Å². The molecule has 120 valence electrons. The van der Waals surface area contributed by atoms with Crippen molar-refractivity contribution >= 4 is 23.0 Å². The lowest BCUT2D eigenvalue weighted by Crippen LogP contribution is -2.33. The van der Waals surface area contributed by atoms with Gasteiger partial charge < -0.3 is 15.5 Å². The van der Waals surface area contributed by atoms with Crippen LogP contribution < -0.4 is 15.5 Å². The molecule has 0 saturated carbocycles. The summed E-state index contributed by atoms with van der Waals surface area (Å²) < 4.78 is 13.6. The average molecular weight is 313 g/mol. The summed E-state index contributed by atoms with van der Waals surface area (Å²) in [5, 5.41) is 6.14. The minimum absolute atomic E-state index is 0.148. The molecule has 1 heterocycles. The Kier molecular flexibility index (Phi) is 4.46. The first-order valence-corrected chi connectivity index (χ1v) is 7.77. The van der Waals surface area contributed by atoms with E-state index in [-0.39, 0.29) is 18.3 Å². The Labute approximate surface area is 135 Å². The molecule has 2 aromatic rings. The number of nitrogens with one attached hydrogen (secondary N) is 2. The number of anilines is 3. The van der Waals surface area contributed by atoms with Gasteiger partial charge in [0.25, 0.3) is 0 Å². The van der Waals surface area contributed by atoms with Crippen LogP contribution in [0.25, 0.3) is 0 Å². The molecule has 4 nitrogen and oxygen atoms in total. The number of nitrogens with zero attached hydrogens (tertiary/aromatic N) is 1. The fraction of sp³-hybridized carbons (Fsp3) is 0.278. The van der Waals surface area contributed by atoms with E-state index in [1.807, 2.05) is 24.3 Å². The first-order valence-electron chi connectivity index (χ1n) is 7.77. The second kappa shape index (κ2) is 6.69. The zero-order valence-corrected chi connectivity index (χ0v) is 13.1. The predicted octanol–water partition coefficient (Wildman–Crippen LogP) is 3.39. The monoisotopic (exact) mass is 313 g/mol. The van der Waals surface area contributed by atoms with Crippen LogP contribution in [0, 0.1) is 12.7 Å². The molecule has 0 fully saturated rings. The maximum absolute atomic E-state index is 13.6. The topological polar surface area (TPSA) is 44.4 Å². The fourth-order valence-electron chi connectivity index (χ4n) is 2.72. The van der Waals surface area contributed by atoms with Gasteiger partial charge in [0, 0.05) is 18.8 Å². The van der Waals surface area contributed by atoms with Crippen molar-refractivity contribution in [2.75, 3.05) is 35.2 Å². The molecule has 0 unspecified atom stereocenters. The number of hydrogen-bond donors (Lipinski definition) is 2. The van der Waals surface area contributed by atoms with E-state index in [0.717, 1.165) is 30.9 Å². The van der Waals surface area contributed by atoms with Crippen molar-refractivity contribution in [3.63, 3.8) is 0 Å². The van der Waals surface area contributed by atoms with Crippen LogP contribution >= 0.6 is 0 Å². The zero-order chi connectivity index (χ0) is 16.2. The number of carbonyl (C=O) groups excluding carboxylic acids is 1. The largest absolute Gasteiger partial charge is 0.383 e. The van der Waals surface area contributed by atoms with E-state index in [1.54, 1.807) is 19.1 Å². The highest BCUT2D eigenvalue weighted by Crippen LogP contribution is 2.27. The number of benzene rings is 2. The standard InChI is InChI=1S/C18H20FN3O/c1-13-7-8-14(11-15(13)19)21-18(23)12-22-10-4-9-20-16-5-2-3-6-17(16)22/h2-3,5-8,11,20H,4,9-10,12H2,1H3,(H,21,23). The Morgan fingerprint density at radius 2 is 2.13 bits per heavy atom. The second-order valence-electron chi connectivity index (χ2n) is 5.73. The van der Waals surface area contributed by atoms with Gasteiger partial charge in [0.05, 0.1) is 17.9 Å². The highest BCUT2D eigenvalue weighted by molar-refractivity contribution is 5.94. The fourth-order valence-corrected chi connectivity index (χ4v) is 2.72. The highest BCUT2D eigenvalue weighted by atomic mass is 19.1. The lowest BCUT2D eigenvalue weighted by Gasteiger charge is -2.23. The van der Waals surface area contributed by atoms with Gasteiger partial charge in [-0.1, -0.05) is 18.2 Å². The lowest BCUT2D eigenvalue weighted by atomic mass is 10.2. The maximum atomic E-state index is 13.6. The van der Waals surface area contributed by atoms with Gasteiger partial charge >= 0.3 is 0 Å². The molecule has 0 bridgehead atoms. The smallest absolute Gasteiger partial charge is 0.243 e. The van der Waals surface area contributed by atoms with Crippen LogP contribution in [-0.4, -0.2) is 25.5 Å². The van der Waals surface area contributed by atoms with Gasteiger partial charge in [-0.25, -0.2) is 4.39 Å². The Morgan fingerprint density at radius 3 is 2.96 bits per heavy atom. The molecule has 0 aromatic heterocycles. The molecule has 2 aromatic carbocycles. The van der Waals surface area contributed by atoms with E-state index in [1.165, 1.54) is 6.07 Å². The summed E-state index contributed by atoms with van der Waals surface area (Å²) in [6.45, 7) is 3.63. The molecule has 0 saturated heterocycles. The SMILES string of the molecule is Cc1ccc(NC(=O)CN2CCCNc3ccccc32)cc1F. The van der Waals surface area contributed by atoms with Crippen molar-refractivity contribution in [3.05, 3.63) is 53.8 Å². The van der Waals surface area contributed by atoms with Crippen LogP contribution in [0.4, 0.5) is 21.5 Å².